The van der Waals surface area contributed by atoms with E-state index >= 15 is 0 Å². The average Bonchev–Trinajstić information content (AvgIpc) is 1.86. The third kappa shape index (κ3) is 0.743. The Labute approximate surface area is 47.3 Å². The van der Waals surface area contributed by atoms with Gasteiger partial charge in [0.1, 0.15) is 0 Å². The molecule has 1 rings (SSSR count). The van der Waals surface area contributed by atoms with Gasteiger partial charge in [0, 0.05) is 6.42 Å². The molecule has 0 bridgehead atoms. The van der Waals surface area contributed by atoms with E-state index in [1.807, 2.05) is 0 Å². The molecule has 0 aromatic carbocycles. The van der Waals surface area contributed by atoms with Gasteiger partial charge in [0.25, 0.3) is 0 Å². The maximum atomic E-state index is 10.5. The predicted molar refractivity (Wildman–Crippen MR) is 26.2 cm³/mol. The number of Topliss-reactive ketones (excluding diaryl/α,β-unsaturated/α-hetero) is 1. The first-order chi connectivity index (χ1) is 3.63. The van der Waals surface area contributed by atoms with Gasteiger partial charge in [-0.15, -0.1) is 0 Å². The zero-order valence-electron chi connectivity index (χ0n) is 4.68. The second-order valence-corrected chi connectivity index (χ2v) is 2.00. The summed E-state index contributed by atoms with van der Waals surface area (Å²) in [5.41, 5.74) is 0. The maximum Gasteiger partial charge on any atom is 0.223 e. The first-order valence-electron chi connectivity index (χ1n) is 2.52. The van der Waals surface area contributed by atoms with E-state index in [1.165, 1.54) is 6.92 Å². The van der Waals surface area contributed by atoms with Gasteiger partial charge in [-0.1, -0.05) is 0 Å². The van der Waals surface area contributed by atoms with E-state index in [4.69, 9.17) is 5.11 Å². The van der Waals surface area contributed by atoms with Gasteiger partial charge in [-0.25, -0.2) is 0 Å². The minimum absolute atomic E-state index is 0.225. The Hall–Kier alpha value is -0.410. The zero-order valence-corrected chi connectivity index (χ0v) is 4.68. The average molecular weight is 116 g/mol. The van der Waals surface area contributed by atoms with Gasteiger partial charge >= 0.3 is 0 Å². The number of ether oxygens (including phenoxy) is 1. The summed E-state index contributed by atoms with van der Waals surface area (Å²) >= 11 is 0. The normalized spacial score (nSPS) is 38.5. The summed E-state index contributed by atoms with van der Waals surface area (Å²) in [6, 6.07) is 0. The number of rotatable bonds is 0. The lowest BCUT2D eigenvalue weighted by molar-refractivity contribution is -0.173. The van der Waals surface area contributed by atoms with Crippen molar-refractivity contribution in [2.24, 2.45) is 0 Å². The van der Waals surface area contributed by atoms with E-state index in [2.05, 4.69) is 4.74 Å². The Morgan fingerprint density at radius 2 is 2.50 bits per heavy atom. The molecule has 8 heavy (non-hydrogen) atoms. The molecular formula is C5H8O3. The molecule has 0 radical (unpaired) electrons. The highest BCUT2D eigenvalue weighted by atomic mass is 16.6. The highest BCUT2D eigenvalue weighted by Gasteiger charge is 2.35. The molecule has 0 aromatic heterocycles. The fourth-order valence-electron chi connectivity index (χ4n) is 0.655. The van der Waals surface area contributed by atoms with Crippen LogP contribution in [0.5, 0.6) is 0 Å². The molecule has 46 valence electrons. The van der Waals surface area contributed by atoms with Gasteiger partial charge < -0.3 is 9.84 Å². The minimum Gasteiger partial charge on any atom is -0.360 e. The molecule has 1 N–H and O–H groups in total. The van der Waals surface area contributed by atoms with E-state index < -0.39 is 5.79 Å². The van der Waals surface area contributed by atoms with Crippen molar-refractivity contribution in [1.29, 1.82) is 0 Å². The molecule has 3 heteroatoms. The summed E-state index contributed by atoms with van der Waals surface area (Å²) < 4.78 is 4.66. The van der Waals surface area contributed by atoms with Gasteiger partial charge in [-0.05, 0) is 6.92 Å². The van der Waals surface area contributed by atoms with Gasteiger partial charge in [0.2, 0.25) is 5.79 Å². The molecule has 0 aliphatic carbocycles. The van der Waals surface area contributed by atoms with Crippen LogP contribution in [0.15, 0.2) is 0 Å². The second-order valence-electron chi connectivity index (χ2n) is 2.00. The van der Waals surface area contributed by atoms with Crippen LogP contribution >= 0.6 is 0 Å². The third-order valence-corrected chi connectivity index (χ3v) is 1.23. The third-order valence-electron chi connectivity index (χ3n) is 1.23. The number of aliphatic hydroxyl groups is 1. The van der Waals surface area contributed by atoms with Gasteiger partial charge in [-0.3, -0.25) is 4.79 Å². The van der Waals surface area contributed by atoms with Crippen molar-refractivity contribution >= 4 is 5.78 Å². The van der Waals surface area contributed by atoms with Gasteiger partial charge in [0.15, 0.2) is 5.78 Å². The van der Waals surface area contributed by atoms with Crippen LogP contribution in [0.3, 0.4) is 0 Å². The molecule has 0 saturated carbocycles. The zero-order chi connectivity index (χ0) is 6.20. The Balaban J connectivity index is 2.68. The Kier molecular flexibility index (Phi) is 1.10. The lowest BCUT2D eigenvalue weighted by Crippen LogP contribution is -2.30. The second kappa shape index (κ2) is 1.53. The lowest BCUT2D eigenvalue weighted by atomic mass is 10.2. The standard InChI is InChI=1S/C5H8O3/c1-5(7)4(6)2-3-8-5/h7H,2-3H2,1H3/t5-/m1/s1. The van der Waals surface area contributed by atoms with Crippen LogP contribution in [-0.2, 0) is 9.53 Å². The van der Waals surface area contributed by atoms with Crippen LogP contribution in [0, 0.1) is 0 Å². The predicted octanol–water partition coefficient (Wildman–Crippen LogP) is -0.316. The SMILES string of the molecule is C[C@@]1(O)OCCC1=O. The smallest absolute Gasteiger partial charge is 0.223 e. The maximum absolute atomic E-state index is 10.5. The summed E-state index contributed by atoms with van der Waals surface area (Å²) in [7, 11) is 0. The molecule has 1 aliphatic rings. The van der Waals surface area contributed by atoms with Crippen LogP contribution in [0.2, 0.25) is 0 Å². The highest BCUT2D eigenvalue weighted by Crippen LogP contribution is 2.16. The molecule has 0 spiro atoms. The van der Waals surface area contributed by atoms with Gasteiger partial charge in [0.05, 0.1) is 6.61 Å². The largest absolute Gasteiger partial charge is 0.360 e. The Morgan fingerprint density at radius 3 is 2.62 bits per heavy atom. The first-order valence-corrected chi connectivity index (χ1v) is 2.52. The summed E-state index contributed by atoms with van der Waals surface area (Å²) in [6.07, 6.45) is 0.340. The Morgan fingerprint density at radius 1 is 1.88 bits per heavy atom. The fourth-order valence-corrected chi connectivity index (χ4v) is 0.655. The minimum atomic E-state index is -1.49. The van der Waals surface area contributed by atoms with Crippen LogP contribution < -0.4 is 0 Å². The van der Waals surface area contributed by atoms with Crippen LogP contribution in [0.1, 0.15) is 13.3 Å². The number of hydrogen-bond donors (Lipinski definition) is 1. The van der Waals surface area contributed by atoms with Gasteiger partial charge in [-0.2, -0.15) is 0 Å². The highest BCUT2D eigenvalue weighted by molar-refractivity contribution is 5.86. The van der Waals surface area contributed by atoms with Crippen molar-refractivity contribution in [3.05, 3.63) is 0 Å². The monoisotopic (exact) mass is 116 g/mol. The number of ketones is 1. The number of carbonyl (C=O) groups excluding carboxylic acids is 1. The first kappa shape index (κ1) is 5.72. The molecule has 0 unspecified atom stereocenters. The molecule has 3 nitrogen and oxygen atoms in total. The molecule has 1 fully saturated rings. The van der Waals surface area contributed by atoms with E-state index in [-0.39, 0.29) is 5.78 Å². The van der Waals surface area contributed by atoms with Crippen molar-refractivity contribution in [2.75, 3.05) is 6.61 Å². The van der Waals surface area contributed by atoms with E-state index in [0.29, 0.717) is 13.0 Å². The quantitative estimate of drug-likeness (QED) is 0.472. The van der Waals surface area contributed by atoms with Crippen molar-refractivity contribution in [3.8, 4) is 0 Å². The summed E-state index contributed by atoms with van der Waals surface area (Å²) in [6.45, 7) is 1.72. The molecule has 1 aliphatic heterocycles. The molecule has 0 aromatic rings. The molecule has 0 amide bonds. The van der Waals surface area contributed by atoms with E-state index in [9.17, 15) is 4.79 Å². The van der Waals surface area contributed by atoms with Crippen LogP contribution in [0.25, 0.3) is 0 Å². The molecular weight excluding hydrogens is 108 g/mol. The summed E-state index contributed by atoms with van der Waals surface area (Å²) in [5, 5.41) is 8.89. The summed E-state index contributed by atoms with van der Waals surface area (Å²) in [5.74, 6) is -1.71. The van der Waals surface area contributed by atoms with Crippen molar-refractivity contribution in [3.63, 3.8) is 0 Å². The van der Waals surface area contributed by atoms with E-state index in [1.54, 1.807) is 0 Å². The van der Waals surface area contributed by atoms with Crippen molar-refractivity contribution in [1.82, 2.24) is 0 Å². The molecule has 1 saturated heterocycles. The lowest BCUT2D eigenvalue weighted by Gasteiger charge is -2.11. The van der Waals surface area contributed by atoms with E-state index in [0.717, 1.165) is 0 Å². The molecule has 1 heterocycles. The summed E-state index contributed by atoms with van der Waals surface area (Å²) in [4.78, 5) is 10.5. The number of carbonyl (C=O) groups is 1. The van der Waals surface area contributed by atoms with Crippen molar-refractivity contribution < 1.29 is 14.6 Å². The topological polar surface area (TPSA) is 46.5 Å². The van der Waals surface area contributed by atoms with Crippen LogP contribution in [-0.4, -0.2) is 23.3 Å². The van der Waals surface area contributed by atoms with Crippen LogP contribution in [0.4, 0.5) is 0 Å². The van der Waals surface area contributed by atoms with Crippen molar-refractivity contribution in [2.45, 2.75) is 19.1 Å². The number of hydrogen-bond acceptors (Lipinski definition) is 3. The molecule has 1 atom stereocenters. The fraction of sp³-hybridized carbons (Fsp3) is 0.800. The Bertz CT molecular complexity index is 117.